The fourth-order valence-corrected chi connectivity index (χ4v) is 1.95. The number of fused-ring (bicyclic) bond motifs is 1. The number of aryl methyl sites for hydroxylation is 1. The van der Waals surface area contributed by atoms with Gasteiger partial charge < -0.3 is 5.11 Å². The molecule has 0 fully saturated rings. The lowest BCUT2D eigenvalue weighted by Gasteiger charge is -2.10. The van der Waals surface area contributed by atoms with Crippen LogP contribution in [0.2, 0.25) is 0 Å². The Bertz CT molecular complexity index is 561. The average molecular weight is 215 g/mol. The lowest BCUT2D eigenvalue weighted by Crippen LogP contribution is -2.00. The zero-order chi connectivity index (χ0) is 11.7. The fraction of sp³-hybridized carbons (Fsp3) is 0.231. The van der Waals surface area contributed by atoms with Gasteiger partial charge in [-0.25, -0.2) is 0 Å². The first kappa shape index (κ1) is 10.6. The summed E-state index contributed by atoms with van der Waals surface area (Å²) in [7, 11) is 0. The number of Topliss-reactive ketones (excluding diaryl/α,β-unsaturated/α-hetero) is 1. The van der Waals surface area contributed by atoms with Gasteiger partial charge in [0.25, 0.3) is 0 Å². The van der Waals surface area contributed by atoms with E-state index in [9.17, 15) is 9.90 Å². The molecule has 0 unspecified atom stereocenters. The van der Waals surface area contributed by atoms with Crippen molar-refractivity contribution in [3.8, 4) is 5.75 Å². The van der Waals surface area contributed by atoms with Gasteiger partial charge in [-0.1, -0.05) is 13.0 Å². The summed E-state index contributed by atoms with van der Waals surface area (Å²) in [5.41, 5.74) is 1.30. The fourth-order valence-electron chi connectivity index (χ4n) is 1.95. The van der Waals surface area contributed by atoms with Gasteiger partial charge in [0.1, 0.15) is 5.75 Å². The van der Waals surface area contributed by atoms with E-state index in [0.29, 0.717) is 10.9 Å². The summed E-state index contributed by atoms with van der Waals surface area (Å²) in [5.74, 6) is -0.0601. The molecule has 2 aromatic rings. The van der Waals surface area contributed by atoms with E-state index in [2.05, 4.69) is 4.98 Å². The molecule has 0 saturated heterocycles. The maximum atomic E-state index is 11.5. The third kappa shape index (κ3) is 1.54. The number of hydrogen-bond donors (Lipinski definition) is 1. The van der Waals surface area contributed by atoms with Crippen molar-refractivity contribution in [2.75, 3.05) is 0 Å². The predicted molar refractivity (Wildman–Crippen MR) is 62.8 cm³/mol. The summed E-state index contributed by atoms with van der Waals surface area (Å²) in [6.45, 7) is 3.44. The number of aromatic hydroxyl groups is 1. The number of ketones is 1. The molecule has 2 rings (SSSR count). The highest BCUT2D eigenvalue weighted by Crippen LogP contribution is 2.31. The molecule has 0 radical (unpaired) electrons. The van der Waals surface area contributed by atoms with Crippen LogP contribution in [-0.2, 0) is 6.42 Å². The van der Waals surface area contributed by atoms with Crippen LogP contribution >= 0.6 is 0 Å². The van der Waals surface area contributed by atoms with Crippen molar-refractivity contribution in [3.63, 3.8) is 0 Å². The van der Waals surface area contributed by atoms with Crippen LogP contribution in [0.4, 0.5) is 0 Å². The quantitative estimate of drug-likeness (QED) is 0.783. The molecule has 16 heavy (non-hydrogen) atoms. The molecule has 0 bridgehead atoms. The van der Waals surface area contributed by atoms with Crippen LogP contribution in [0.15, 0.2) is 24.5 Å². The number of carbonyl (C=O) groups is 1. The monoisotopic (exact) mass is 215 g/mol. The van der Waals surface area contributed by atoms with Crippen molar-refractivity contribution in [1.29, 1.82) is 0 Å². The van der Waals surface area contributed by atoms with E-state index in [0.717, 1.165) is 17.4 Å². The second-order valence-corrected chi connectivity index (χ2v) is 3.77. The van der Waals surface area contributed by atoms with E-state index in [1.807, 2.05) is 19.1 Å². The Kier molecular flexibility index (Phi) is 2.60. The first-order chi connectivity index (χ1) is 7.65. The van der Waals surface area contributed by atoms with Crippen molar-refractivity contribution in [1.82, 2.24) is 4.98 Å². The van der Waals surface area contributed by atoms with E-state index in [-0.39, 0.29) is 11.5 Å². The number of phenols is 1. The molecule has 1 N–H and O–H groups in total. The van der Waals surface area contributed by atoms with Crippen LogP contribution in [0.25, 0.3) is 10.8 Å². The molecule has 82 valence electrons. The third-order valence-corrected chi connectivity index (χ3v) is 2.73. The number of carbonyl (C=O) groups excluding carboxylic acids is 1. The molecule has 0 aliphatic heterocycles. The zero-order valence-electron chi connectivity index (χ0n) is 9.32. The highest BCUT2D eigenvalue weighted by molar-refractivity contribution is 6.04. The topological polar surface area (TPSA) is 50.2 Å². The number of rotatable bonds is 2. The highest BCUT2D eigenvalue weighted by Gasteiger charge is 2.15. The van der Waals surface area contributed by atoms with Crippen molar-refractivity contribution < 1.29 is 9.90 Å². The van der Waals surface area contributed by atoms with Crippen LogP contribution in [0.1, 0.15) is 29.8 Å². The van der Waals surface area contributed by atoms with Crippen LogP contribution in [0.3, 0.4) is 0 Å². The van der Waals surface area contributed by atoms with Crippen LogP contribution < -0.4 is 0 Å². The molecule has 1 aromatic carbocycles. The number of aromatic nitrogens is 1. The maximum Gasteiger partial charge on any atom is 0.163 e. The van der Waals surface area contributed by atoms with Crippen LogP contribution in [-0.4, -0.2) is 15.9 Å². The van der Waals surface area contributed by atoms with E-state index >= 15 is 0 Å². The number of nitrogens with zero attached hydrogens (tertiary/aromatic N) is 1. The van der Waals surface area contributed by atoms with Gasteiger partial charge in [-0.3, -0.25) is 9.78 Å². The summed E-state index contributed by atoms with van der Waals surface area (Å²) in [6.07, 6.45) is 3.98. The molecule has 1 heterocycles. The van der Waals surface area contributed by atoms with E-state index < -0.39 is 0 Å². The maximum absolute atomic E-state index is 11.5. The molecule has 0 spiro atoms. The number of pyridine rings is 1. The Morgan fingerprint density at radius 3 is 2.88 bits per heavy atom. The Hall–Kier alpha value is -1.90. The Balaban J connectivity index is 2.87. The van der Waals surface area contributed by atoms with E-state index in [1.165, 1.54) is 6.92 Å². The Morgan fingerprint density at radius 1 is 1.50 bits per heavy atom. The van der Waals surface area contributed by atoms with Gasteiger partial charge in [0.15, 0.2) is 5.78 Å². The van der Waals surface area contributed by atoms with Crippen molar-refractivity contribution in [2.45, 2.75) is 20.3 Å². The highest BCUT2D eigenvalue weighted by atomic mass is 16.3. The molecule has 0 aliphatic carbocycles. The first-order valence-electron chi connectivity index (χ1n) is 5.24. The summed E-state index contributed by atoms with van der Waals surface area (Å²) in [4.78, 5) is 15.5. The van der Waals surface area contributed by atoms with Gasteiger partial charge in [0.2, 0.25) is 0 Å². The minimum absolute atomic E-state index is 0.0509. The molecule has 1 aromatic heterocycles. The molecule has 3 nitrogen and oxygen atoms in total. The lowest BCUT2D eigenvalue weighted by atomic mass is 9.96. The van der Waals surface area contributed by atoms with Crippen molar-refractivity contribution >= 4 is 16.6 Å². The smallest absolute Gasteiger partial charge is 0.163 e. The Labute approximate surface area is 93.7 Å². The average Bonchev–Trinajstić information content (AvgIpc) is 2.28. The minimum Gasteiger partial charge on any atom is -0.506 e. The van der Waals surface area contributed by atoms with Gasteiger partial charge in [-0.05, 0) is 30.4 Å². The number of hydrogen-bond acceptors (Lipinski definition) is 3. The lowest BCUT2D eigenvalue weighted by molar-refractivity contribution is 0.101. The van der Waals surface area contributed by atoms with Gasteiger partial charge in [-0.2, -0.15) is 0 Å². The largest absolute Gasteiger partial charge is 0.506 e. The standard InChI is InChI=1S/C13H13NO2/c1-3-9-6-10-4-5-14-7-11(10)13(16)12(9)8(2)15/h4-7,16H,3H2,1-2H3. The summed E-state index contributed by atoms with van der Waals surface area (Å²) in [6, 6.07) is 3.77. The SMILES string of the molecule is CCc1cc2ccncc2c(O)c1C(C)=O. The summed E-state index contributed by atoms with van der Waals surface area (Å²) in [5, 5.41) is 11.6. The molecule has 0 amide bonds. The summed E-state index contributed by atoms with van der Waals surface area (Å²) >= 11 is 0. The van der Waals surface area contributed by atoms with Crippen molar-refractivity contribution in [2.24, 2.45) is 0 Å². The van der Waals surface area contributed by atoms with Crippen LogP contribution in [0, 0.1) is 0 Å². The summed E-state index contributed by atoms with van der Waals surface area (Å²) < 4.78 is 0. The third-order valence-electron chi connectivity index (χ3n) is 2.73. The number of phenolic OH excluding ortho intramolecular Hbond substituents is 1. The minimum atomic E-state index is -0.111. The van der Waals surface area contributed by atoms with Gasteiger partial charge in [-0.15, -0.1) is 0 Å². The molecular weight excluding hydrogens is 202 g/mol. The molecule has 0 saturated carbocycles. The predicted octanol–water partition coefficient (Wildman–Crippen LogP) is 2.71. The van der Waals surface area contributed by atoms with E-state index in [1.54, 1.807) is 12.4 Å². The molecular formula is C13H13NO2. The van der Waals surface area contributed by atoms with Gasteiger partial charge >= 0.3 is 0 Å². The number of benzene rings is 1. The van der Waals surface area contributed by atoms with Crippen molar-refractivity contribution in [3.05, 3.63) is 35.7 Å². The second-order valence-electron chi connectivity index (χ2n) is 3.77. The Morgan fingerprint density at radius 2 is 2.25 bits per heavy atom. The zero-order valence-corrected chi connectivity index (χ0v) is 9.32. The van der Waals surface area contributed by atoms with E-state index in [4.69, 9.17) is 0 Å². The molecule has 0 atom stereocenters. The van der Waals surface area contributed by atoms with Gasteiger partial charge in [0, 0.05) is 17.8 Å². The molecule has 0 aliphatic rings. The van der Waals surface area contributed by atoms with Gasteiger partial charge in [0.05, 0.1) is 5.56 Å². The van der Waals surface area contributed by atoms with Crippen LogP contribution in [0.5, 0.6) is 5.75 Å². The first-order valence-corrected chi connectivity index (χ1v) is 5.24. The second kappa shape index (κ2) is 3.93. The molecule has 3 heteroatoms. The normalized spacial score (nSPS) is 10.6.